The van der Waals surface area contributed by atoms with Crippen LogP contribution in [0.5, 0.6) is 0 Å². The molecule has 3 nitrogen and oxygen atoms in total. The first-order valence-electron chi connectivity index (χ1n) is 8.83. The lowest BCUT2D eigenvalue weighted by molar-refractivity contribution is -0.139. The van der Waals surface area contributed by atoms with Crippen LogP contribution in [0.2, 0.25) is 10.1 Å². The maximum Gasteiger partial charge on any atom is 0.319 e. The van der Waals surface area contributed by atoms with Crippen LogP contribution in [-0.2, 0) is 16.1 Å². The molecule has 0 saturated carbocycles. The molecule has 0 unspecified atom stereocenters. The van der Waals surface area contributed by atoms with E-state index in [0.29, 0.717) is 16.6 Å². The van der Waals surface area contributed by atoms with E-state index in [1.807, 2.05) is 11.3 Å². The molecular formula is C20H31NO2SSi. The van der Waals surface area contributed by atoms with Crippen LogP contribution in [0.25, 0.3) is 10.1 Å². The van der Waals surface area contributed by atoms with E-state index in [0.717, 1.165) is 0 Å². The zero-order valence-corrected chi connectivity index (χ0v) is 18.5. The molecule has 1 aromatic heterocycles. The maximum absolute atomic E-state index is 11.3. The normalized spacial score (nSPS) is 12.8. The van der Waals surface area contributed by atoms with E-state index >= 15 is 0 Å². The highest BCUT2D eigenvalue weighted by atomic mass is 32.1. The molecular weight excluding hydrogens is 346 g/mol. The number of thiophene rings is 1. The lowest BCUT2D eigenvalue weighted by atomic mass is 10.1. The van der Waals surface area contributed by atoms with E-state index in [1.54, 1.807) is 4.50 Å². The van der Waals surface area contributed by atoms with Crippen LogP contribution in [0.1, 0.15) is 47.1 Å². The van der Waals surface area contributed by atoms with E-state index in [-0.39, 0.29) is 12.5 Å². The number of benzene rings is 1. The van der Waals surface area contributed by atoms with E-state index in [4.69, 9.17) is 4.74 Å². The molecule has 0 aliphatic heterocycles. The van der Waals surface area contributed by atoms with Gasteiger partial charge in [-0.1, -0.05) is 59.7 Å². The highest BCUT2D eigenvalue weighted by molar-refractivity contribution is 7.29. The van der Waals surface area contributed by atoms with Crippen molar-refractivity contribution in [3.05, 3.63) is 29.8 Å². The van der Waals surface area contributed by atoms with Crippen LogP contribution in [0.15, 0.2) is 24.3 Å². The molecule has 0 aliphatic rings. The molecule has 0 atom stereocenters. The van der Waals surface area contributed by atoms with Crippen molar-refractivity contribution in [1.82, 2.24) is 5.32 Å². The Balaban J connectivity index is 2.35. The third-order valence-electron chi connectivity index (χ3n) is 4.47. The Morgan fingerprint density at radius 3 is 2.36 bits per heavy atom. The first-order valence-corrected chi connectivity index (χ1v) is 11.4. The van der Waals surface area contributed by atoms with E-state index < -0.39 is 8.80 Å². The Labute approximate surface area is 157 Å². The number of nitrogens with one attached hydrogen (secondary N) is 1. The zero-order chi connectivity index (χ0) is 18.8. The summed E-state index contributed by atoms with van der Waals surface area (Å²) < 4.78 is 7.62. The molecule has 5 heteroatoms. The van der Waals surface area contributed by atoms with Gasteiger partial charge >= 0.3 is 5.97 Å². The minimum Gasteiger partial charge on any atom is -0.468 e. The summed E-state index contributed by atoms with van der Waals surface area (Å²) in [5, 5.41) is 5.18. The van der Waals surface area contributed by atoms with Gasteiger partial charge in [0.1, 0.15) is 0 Å². The van der Waals surface area contributed by atoms with E-state index in [1.165, 1.54) is 22.8 Å². The van der Waals surface area contributed by atoms with Crippen molar-refractivity contribution >= 4 is 40.7 Å². The zero-order valence-electron chi connectivity index (χ0n) is 16.5. The molecule has 25 heavy (non-hydrogen) atoms. The minimum atomic E-state index is -1.19. The Hall–Kier alpha value is -1.17. The van der Waals surface area contributed by atoms with E-state index in [9.17, 15) is 4.79 Å². The van der Waals surface area contributed by atoms with Gasteiger partial charge in [-0.2, -0.15) is 0 Å². The van der Waals surface area contributed by atoms with Gasteiger partial charge in [-0.25, -0.2) is 0 Å². The monoisotopic (exact) mass is 377 g/mol. The molecule has 0 fully saturated rings. The fourth-order valence-corrected chi connectivity index (χ4v) is 12.5. The summed E-state index contributed by atoms with van der Waals surface area (Å²) in [6, 6.07) is 8.88. The third kappa shape index (κ3) is 4.93. The number of methoxy groups -OCH3 is 1. The fourth-order valence-electron chi connectivity index (χ4n) is 3.95. The summed E-state index contributed by atoms with van der Waals surface area (Å²) in [6.07, 6.45) is 0. The second-order valence-corrected chi connectivity index (χ2v) is 15.3. The number of carbonyl (C=O) groups excluding carboxylic acids is 1. The highest BCUT2D eigenvalue weighted by Crippen LogP contribution is 2.43. The quantitative estimate of drug-likeness (QED) is 0.627. The van der Waals surface area contributed by atoms with Crippen LogP contribution in [-0.4, -0.2) is 28.4 Å². The lowest BCUT2D eigenvalue weighted by Gasteiger charge is -2.38. The molecule has 1 N–H and O–H groups in total. The smallest absolute Gasteiger partial charge is 0.319 e. The first-order chi connectivity index (χ1) is 11.5. The molecule has 2 rings (SSSR count). The second-order valence-electron chi connectivity index (χ2n) is 8.83. The summed E-state index contributed by atoms with van der Waals surface area (Å²) in [7, 11) is 0.228. The number of fused-ring (bicyclic) bond motifs is 1. The van der Waals surface area contributed by atoms with Gasteiger partial charge in [-0.05, 0) is 31.6 Å². The Kier molecular flexibility index (Phi) is 6.12. The van der Waals surface area contributed by atoms with Crippen LogP contribution >= 0.6 is 11.3 Å². The molecule has 2 aromatic rings. The topological polar surface area (TPSA) is 38.3 Å². The maximum atomic E-state index is 11.3. The van der Waals surface area contributed by atoms with Crippen LogP contribution in [0, 0.1) is 0 Å². The van der Waals surface area contributed by atoms with Gasteiger partial charge in [0, 0.05) is 11.2 Å². The van der Waals surface area contributed by atoms with Crippen molar-refractivity contribution in [2.45, 2.75) is 58.2 Å². The fraction of sp³-hybridized carbons (Fsp3) is 0.550. The van der Waals surface area contributed by atoms with Crippen molar-refractivity contribution in [2.75, 3.05) is 13.7 Å². The summed E-state index contributed by atoms with van der Waals surface area (Å²) >= 11 is 1.96. The van der Waals surface area contributed by atoms with Gasteiger partial charge in [0.05, 0.1) is 22.5 Å². The average molecular weight is 378 g/mol. The first kappa shape index (κ1) is 20.1. The Morgan fingerprint density at radius 2 is 1.80 bits per heavy atom. The number of rotatable bonds is 5. The van der Waals surface area contributed by atoms with Gasteiger partial charge in [-0.15, -0.1) is 11.3 Å². The van der Waals surface area contributed by atoms with Crippen molar-refractivity contribution in [1.29, 1.82) is 0 Å². The van der Waals surface area contributed by atoms with Gasteiger partial charge in [0.2, 0.25) is 0 Å². The van der Waals surface area contributed by atoms with Crippen LogP contribution < -0.4 is 9.82 Å². The highest BCUT2D eigenvalue weighted by Gasteiger charge is 2.38. The number of hydrogen-bond donors (Lipinski definition) is 1. The standard InChI is InChI=1S/C20H31NO2SSi/c1-19(2,3)25(20(4,5)6)17-11-14-9-8-10-15(18(14)24-17)12-21-13-16(22)23-7/h8-11,21,25H,12-13H2,1-7H3. The Bertz CT molecular complexity index is 726. The molecule has 0 bridgehead atoms. The molecule has 0 saturated heterocycles. The van der Waals surface area contributed by atoms with E-state index in [2.05, 4.69) is 71.1 Å². The summed E-state index contributed by atoms with van der Waals surface area (Å²) in [5.41, 5.74) is 1.26. The number of ether oxygens (including phenoxy) is 1. The molecule has 0 spiro atoms. The van der Waals surface area contributed by atoms with Crippen LogP contribution in [0.4, 0.5) is 0 Å². The average Bonchev–Trinajstić information content (AvgIpc) is 2.87. The molecule has 138 valence electrons. The summed E-state index contributed by atoms with van der Waals surface area (Å²) in [5.74, 6) is -0.230. The largest absolute Gasteiger partial charge is 0.468 e. The van der Waals surface area contributed by atoms with Gasteiger partial charge in [-0.3, -0.25) is 4.79 Å². The van der Waals surface area contributed by atoms with Crippen LogP contribution in [0.3, 0.4) is 0 Å². The Morgan fingerprint density at radius 1 is 1.16 bits per heavy atom. The van der Waals surface area contributed by atoms with Crippen molar-refractivity contribution in [3.8, 4) is 0 Å². The van der Waals surface area contributed by atoms with Gasteiger partial charge < -0.3 is 10.1 Å². The summed E-state index contributed by atoms with van der Waals surface area (Å²) in [4.78, 5) is 11.3. The number of carbonyl (C=O) groups is 1. The molecule has 0 aliphatic carbocycles. The lowest BCUT2D eigenvalue weighted by Crippen LogP contribution is -2.44. The predicted molar refractivity (Wildman–Crippen MR) is 112 cm³/mol. The van der Waals surface area contributed by atoms with Crippen molar-refractivity contribution in [3.63, 3.8) is 0 Å². The minimum absolute atomic E-state index is 0.230. The second kappa shape index (κ2) is 7.60. The van der Waals surface area contributed by atoms with Gasteiger partial charge in [0.25, 0.3) is 0 Å². The molecule has 0 amide bonds. The predicted octanol–water partition coefficient (Wildman–Crippen LogP) is 4.20. The molecule has 1 aromatic carbocycles. The SMILES string of the molecule is COC(=O)CNCc1cccc2cc([SiH](C(C)(C)C)C(C)(C)C)sc12. The summed E-state index contributed by atoms with van der Waals surface area (Å²) in [6.45, 7) is 15.3. The van der Waals surface area contributed by atoms with Gasteiger partial charge in [0.15, 0.2) is 0 Å². The molecule has 1 heterocycles. The third-order valence-corrected chi connectivity index (χ3v) is 10.8. The van der Waals surface area contributed by atoms with Crippen molar-refractivity contribution < 1.29 is 9.53 Å². The number of hydrogen-bond acceptors (Lipinski definition) is 4. The van der Waals surface area contributed by atoms with Crippen molar-refractivity contribution in [2.24, 2.45) is 0 Å². The number of esters is 1. The molecule has 0 radical (unpaired) electrons.